The third kappa shape index (κ3) is 4.70. The van der Waals surface area contributed by atoms with Crippen molar-refractivity contribution in [3.8, 4) is 0 Å². The quantitative estimate of drug-likeness (QED) is 0.818. The predicted octanol–water partition coefficient (Wildman–Crippen LogP) is 3.90. The Morgan fingerprint density at radius 3 is 2.67 bits per heavy atom. The summed E-state index contributed by atoms with van der Waals surface area (Å²) in [6.45, 7) is 9.79. The highest BCUT2D eigenvalue weighted by atomic mass is 32.1. The Kier molecular flexibility index (Phi) is 5.76. The first-order valence-corrected chi connectivity index (χ1v) is 10.1. The van der Waals surface area contributed by atoms with Gasteiger partial charge in [0.2, 0.25) is 0 Å². The van der Waals surface area contributed by atoms with Crippen LogP contribution < -0.4 is 10.6 Å². The van der Waals surface area contributed by atoms with Gasteiger partial charge in [-0.05, 0) is 50.6 Å². The number of hydrogen-bond acceptors (Lipinski definition) is 4. The molecule has 6 heteroatoms. The average Bonchev–Trinajstić information content (AvgIpc) is 3.29. The first-order chi connectivity index (χ1) is 11.5. The molecule has 1 aromatic heterocycles. The van der Waals surface area contributed by atoms with Crippen molar-refractivity contribution in [3.63, 3.8) is 0 Å². The van der Waals surface area contributed by atoms with E-state index in [1.54, 1.807) is 0 Å². The molecular formula is C18H30N4OS. The molecule has 2 fully saturated rings. The number of anilines is 1. The summed E-state index contributed by atoms with van der Waals surface area (Å²) in [5.74, 6) is 1.99. The molecule has 2 N–H and O–H groups in total. The lowest BCUT2D eigenvalue weighted by molar-refractivity contribution is 0.108. The Morgan fingerprint density at radius 2 is 2.04 bits per heavy atom. The van der Waals surface area contributed by atoms with Crippen LogP contribution in [0.25, 0.3) is 0 Å². The van der Waals surface area contributed by atoms with Crippen LogP contribution in [-0.4, -0.2) is 41.6 Å². The van der Waals surface area contributed by atoms with Gasteiger partial charge in [-0.3, -0.25) is 10.2 Å². The van der Waals surface area contributed by atoms with Crippen molar-refractivity contribution in [1.29, 1.82) is 0 Å². The Bertz CT molecular complexity index is 547. The summed E-state index contributed by atoms with van der Waals surface area (Å²) in [5.41, 5.74) is 1.14. The molecule has 1 aliphatic heterocycles. The molecule has 2 amide bonds. The molecule has 2 aliphatic rings. The van der Waals surface area contributed by atoms with Crippen LogP contribution in [-0.2, 0) is 0 Å². The van der Waals surface area contributed by atoms with Gasteiger partial charge < -0.3 is 5.32 Å². The maximum Gasteiger partial charge on any atom is 0.321 e. The molecule has 0 bridgehead atoms. The van der Waals surface area contributed by atoms with Crippen molar-refractivity contribution in [1.82, 2.24) is 15.2 Å². The van der Waals surface area contributed by atoms with Gasteiger partial charge in [-0.15, -0.1) is 11.3 Å². The van der Waals surface area contributed by atoms with Gasteiger partial charge in [0.1, 0.15) is 0 Å². The van der Waals surface area contributed by atoms with E-state index < -0.39 is 0 Å². The molecule has 1 aromatic rings. The predicted molar refractivity (Wildman–Crippen MR) is 99.7 cm³/mol. The number of nitrogens with one attached hydrogen (secondary N) is 2. The largest absolute Gasteiger partial charge is 0.336 e. The number of likely N-dealkylation sites (tertiary alicyclic amines) is 1. The zero-order valence-corrected chi connectivity index (χ0v) is 15.9. The molecule has 2 heterocycles. The third-order valence-electron chi connectivity index (χ3n) is 5.27. The zero-order chi connectivity index (χ0) is 17.1. The summed E-state index contributed by atoms with van der Waals surface area (Å²) in [4.78, 5) is 19.2. The second-order valence-corrected chi connectivity index (χ2v) is 8.57. The summed E-state index contributed by atoms with van der Waals surface area (Å²) in [6.07, 6.45) is 5.00. The van der Waals surface area contributed by atoms with Gasteiger partial charge >= 0.3 is 6.03 Å². The van der Waals surface area contributed by atoms with Crippen LogP contribution in [0.2, 0.25) is 0 Å². The molecule has 0 spiro atoms. The molecule has 134 valence electrons. The minimum Gasteiger partial charge on any atom is -0.336 e. The van der Waals surface area contributed by atoms with Crippen molar-refractivity contribution < 1.29 is 4.79 Å². The SMILES string of the molecule is CC1CCN(C(CNC(=O)Nc2nc(C3CC3)cs2)C(C)C)CC1. The smallest absolute Gasteiger partial charge is 0.321 e. The van der Waals surface area contributed by atoms with Gasteiger partial charge in [-0.1, -0.05) is 20.8 Å². The number of rotatable bonds is 6. The lowest BCUT2D eigenvalue weighted by atomic mass is 9.94. The van der Waals surface area contributed by atoms with Crippen LogP contribution in [0.1, 0.15) is 58.1 Å². The number of urea groups is 1. The van der Waals surface area contributed by atoms with E-state index in [2.05, 4.69) is 46.7 Å². The average molecular weight is 351 g/mol. The Morgan fingerprint density at radius 1 is 1.33 bits per heavy atom. The molecule has 1 aliphatic carbocycles. The van der Waals surface area contributed by atoms with Gasteiger partial charge in [0.15, 0.2) is 5.13 Å². The summed E-state index contributed by atoms with van der Waals surface area (Å²) >= 11 is 1.52. The third-order valence-corrected chi connectivity index (χ3v) is 6.04. The van der Waals surface area contributed by atoms with Gasteiger partial charge in [-0.2, -0.15) is 0 Å². The molecule has 5 nitrogen and oxygen atoms in total. The summed E-state index contributed by atoms with van der Waals surface area (Å²) < 4.78 is 0. The first kappa shape index (κ1) is 17.7. The van der Waals surface area contributed by atoms with Gasteiger partial charge in [0, 0.05) is 23.9 Å². The number of amides is 2. The van der Waals surface area contributed by atoms with Gasteiger partial charge in [0.25, 0.3) is 0 Å². The van der Waals surface area contributed by atoms with Crippen LogP contribution in [0, 0.1) is 11.8 Å². The number of carbonyl (C=O) groups is 1. The Labute approximate surface area is 149 Å². The van der Waals surface area contributed by atoms with Crippen molar-refractivity contribution >= 4 is 22.5 Å². The van der Waals surface area contributed by atoms with Gasteiger partial charge in [0.05, 0.1) is 5.69 Å². The second kappa shape index (κ2) is 7.83. The number of nitrogens with zero attached hydrogens (tertiary/aromatic N) is 2. The van der Waals surface area contributed by atoms with E-state index in [0.29, 0.717) is 29.6 Å². The Hall–Kier alpha value is -1.14. The van der Waals surface area contributed by atoms with E-state index in [9.17, 15) is 4.79 Å². The van der Waals surface area contributed by atoms with E-state index >= 15 is 0 Å². The molecule has 0 aromatic carbocycles. The summed E-state index contributed by atoms with van der Waals surface area (Å²) in [7, 11) is 0. The maximum atomic E-state index is 12.2. The maximum absolute atomic E-state index is 12.2. The summed E-state index contributed by atoms with van der Waals surface area (Å²) in [5, 5.41) is 8.72. The molecule has 0 radical (unpaired) electrons. The molecule has 1 saturated carbocycles. The van der Waals surface area contributed by atoms with E-state index in [-0.39, 0.29) is 6.03 Å². The topological polar surface area (TPSA) is 57.3 Å². The van der Waals surface area contributed by atoms with E-state index in [4.69, 9.17) is 0 Å². The lowest BCUT2D eigenvalue weighted by Gasteiger charge is -2.38. The number of carbonyl (C=O) groups excluding carboxylic acids is 1. The lowest BCUT2D eigenvalue weighted by Crippen LogP contribution is -2.50. The molecule has 1 atom stereocenters. The number of thiazole rings is 1. The van der Waals surface area contributed by atoms with Crippen LogP contribution in [0.5, 0.6) is 0 Å². The minimum atomic E-state index is -0.136. The fraction of sp³-hybridized carbons (Fsp3) is 0.778. The van der Waals surface area contributed by atoms with Gasteiger partial charge in [-0.25, -0.2) is 9.78 Å². The minimum absolute atomic E-state index is 0.136. The second-order valence-electron chi connectivity index (χ2n) is 7.72. The van der Waals surface area contributed by atoms with E-state index in [1.165, 1.54) is 37.0 Å². The number of piperidine rings is 1. The zero-order valence-electron chi connectivity index (χ0n) is 15.0. The normalized spacial score (nSPS) is 21.0. The van der Waals surface area contributed by atoms with E-state index in [0.717, 1.165) is 24.7 Å². The highest BCUT2D eigenvalue weighted by Crippen LogP contribution is 2.40. The van der Waals surface area contributed by atoms with Crippen molar-refractivity contribution in [2.24, 2.45) is 11.8 Å². The monoisotopic (exact) mass is 350 g/mol. The van der Waals surface area contributed by atoms with Crippen LogP contribution in [0.15, 0.2) is 5.38 Å². The van der Waals surface area contributed by atoms with Crippen molar-refractivity contribution in [2.75, 3.05) is 25.0 Å². The van der Waals surface area contributed by atoms with Crippen molar-refractivity contribution in [3.05, 3.63) is 11.1 Å². The molecule has 3 rings (SSSR count). The highest BCUT2D eigenvalue weighted by molar-refractivity contribution is 7.13. The highest BCUT2D eigenvalue weighted by Gasteiger charge is 2.27. The standard InChI is InChI=1S/C18H30N4OS/c1-12(2)16(22-8-6-13(3)7-9-22)10-19-17(23)21-18-20-15(11-24-18)14-4-5-14/h11-14,16H,4-10H2,1-3H3,(H2,19,20,21,23). The van der Waals surface area contributed by atoms with Crippen LogP contribution in [0.3, 0.4) is 0 Å². The van der Waals surface area contributed by atoms with Crippen LogP contribution >= 0.6 is 11.3 Å². The first-order valence-electron chi connectivity index (χ1n) is 9.27. The Balaban J connectivity index is 1.47. The molecule has 1 unspecified atom stereocenters. The fourth-order valence-corrected chi connectivity index (χ4v) is 4.18. The molecule has 24 heavy (non-hydrogen) atoms. The number of aromatic nitrogens is 1. The number of hydrogen-bond donors (Lipinski definition) is 2. The molecular weight excluding hydrogens is 320 g/mol. The summed E-state index contributed by atoms with van der Waals surface area (Å²) in [6, 6.07) is 0.268. The molecule has 1 saturated heterocycles. The van der Waals surface area contributed by atoms with Crippen LogP contribution in [0.4, 0.5) is 9.93 Å². The van der Waals surface area contributed by atoms with Crippen molar-refractivity contribution in [2.45, 2.75) is 58.4 Å². The van der Waals surface area contributed by atoms with E-state index in [1.807, 2.05) is 0 Å². The fourth-order valence-electron chi connectivity index (χ4n) is 3.40.